The van der Waals surface area contributed by atoms with E-state index >= 15 is 0 Å². The van der Waals surface area contributed by atoms with Crippen LogP contribution in [-0.2, 0) is 0 Å². The minimum absolute atomic E-state index is 0.00958. The Hall–Kier alpha value is -0.180. The highest BCUT2D eigenvalue weighted by Gasteiger charge is 2.40. The van der Waals surface area contributed by atoms with Crippen LogP contribution in [0.25, 0.3) is 0 Å². The van der Waals surface area contributed by atoms with Gasteiger partial charge in [-0.15, -0.1) is 0 Å². The maximum Gasteiger partial charge on any atom is 0.160 e. The van der Waals surface area contributed by atoms with Crippen LogP contribution >= 0.6 is 11.8 Å². The molecule has 0 saturated carbocycles. The molecule has 0 N–H and O–H groups in total. The third-order valence-corrected chi connectivity index (χ3v) is 4.89. The summed E-state index contributed by atoms with van der Waals surface area (Å²) >= 11 is 1.90. The third kappa shape index (κ3) is 8.37. The largest absolute Gasteiger partial charge is 0.342 e. The lowest BCUT2D eigenvalue weighted by atomic mass is 9.72. The molecule has 150 valence electrons. The lowest BCUT2D eigenvalue weighted by molar-refractivity contribution is 0.122. The molecule has 0 spiro atoms. The monoisotopic (exact) mass is 370 g/mol. The smallest absolute Gasteiger partial charge is 0.160 e. The Morgan fingerprint density at radius 2 is 0.960 bits per heavy atom. The zero-order valence-corrected chi connectivity index (χ0v) is 20.7. The van der Waals surface area contributed by atoms with E-state index in [2.05, 4.69) is 109 Å². The lowest BCUT2D eigenvalue weighted by Crippen LogP contribution is -2.56. The molecule has 3 heteroatoms. The van der Waals surface area contributed by atoms with Gasteiger partial charge in [0.15, 0.2) is 5.17 Å². The molecule has 0 aromatic rings. The molecular weight excluding hydrogens is 324 g/mol. The maximum atomic E-state index is 5.44. The number of aliphatic imine (C=N–C) groups is 1. The number of hydrogen-bond acceptors (Lipinski definition) is 2. The molecule has 0 bridgehead atoms. The summed E-state index contributed by atoms with van der Waals surface area (Å²) in [4.78, 5) is 7.96. The molecule has 25 heavy (non-hydrogen) atoms. The standard InChI is InChI=1S/C22H46N2S/c1-18(2,3)16(19(4,5)6)23-17(25-22(13,14)15)24(20(7,8)9)21(10,11)12/h16H,1-15H3. The van der Waals surface area contributed by atoms with Crippen LogP contribution in [0.15, 0.2) is 4.99 Å². The molecule has 0 aliphatic rings. The highest BCUT2D eigenvalue weighted by atomic mass is 32.2. The number of hydrogen-bond donors (Lipinski definition) is 0. The highest BCUT2D eigenvalue weighted by molar-refractivity contribution is 8.14. The Balaban J connectivity index is 6.50. The first-order valence-electron chi connectivity index (χ1n) is 9.64. The van der Waals surface area contributed by atoms with Gasteiger partial charge in [0.1, 0.15) is 0 Å². The molecule has 0 rings (SSSR count). The third-order valence-electron chi connectivity index (χ3n) is 3.81. The lowest BCUT2D eigenvalue weighted by Gasteiger charge is -2.49. The minimum atomic E-state index is 0.00958. The summed E-state index contributed by atoms with van der Waals surface area (Å²) in [6, 6.07) is 0.247. The molecular formula is C22H46N2S. The van der Waals surface area contributed by atoms with Crippen molar-refractivity contribution in [2.45, 2.75) is 126 Å². The van der Waals surface area contributed by atoms with Crippen molar-refractivity contribution in [2.24, 2.45) is 15.8 Å². The van der Waals surface area contributed by atoms with Gasteiger partial charge in [-0.25, -0.2) is 0 Å². The normalized spacial score (nSPS) is 15.8. The van der Waals surface area contributed by atoms with Crippen LogP contribution in [0, 0.1) is 10.8 Å². The van der Waals surface area contributed by atoms with Gasteiger partial charge < -0.3 is 4.90 Å². The predicted octanol–water partition coefficient (Wildman–Crippen LogP) is 7.23. The second-order valence-electron chi connectivity index (χ2n) is 12.4. The van der Waals surface area contributed by atoms with E-state index in [0.29, 0.717) is 0 Å². The van der Waals surface area contributed by atoms with E-state index in [9.17, 15) is 0 Å². The van der Waals surface area contributed by atoms with Crippen LogP contribution in [-0.4, -0.2) is 31.9 Å². The van der Waals surface area contributed by atoms with Crippen LogP contribution in [0.3, 0.4) is 0 Å². The van der Waals surface area contributed by atoms with Crippen molar-refractivity contribution in [3.05, 3.63) is 0 Å². The van der Waals surface area contributed by atoms with Gasteiger partial charge >= 0.3 is 0 Å². The van der Waals surface area contributed by atoms with Gasteiger partial charge in [0.2, 0.25) is 0 Å². The van der Waals surface area contributed by atoms with Gasteiger partial charge in [-0.2, -0.15) is 0 Å². The second-order valence-corrected chi connectivity index (χ2v) is 14.2. The van der Waals surface area contributed by atoms with E-state index in [0.717, 1.165) is 0 Å². The number of amidine groups is 1. The molecule has 0 aliphatic carbocycles. The van der Waals surface area contributed by atoms with Crippen molar-refractivity contribution in [3.63, 3.8) is 0 Å². The molecule has 0 atom stereocenters. The summed E-state index contributed by atoms with van der Waals surface area (Å²) in [6.07, 6.45) is 0. The second kappa shape index (κ2) is 7.44. The Labute approximate surface area is 163 Å². The van der Waals surface area contributed by atoms with E-state index in [-0.39, 0.29) is 32.7 Å². The zero-order valence-electron chi connectivity index (χ0n) is 19.9. The van der Waals surface area contributed by atoms with Crippen molar-refractivity contribution in [3.8, 4) is 0 Å². The predicted molar refractivity (Wildman–Crippen MR) is 119 cm³/mol. The highest BCUT2D eigenvalue weighted by Crippen LogP contribution is 2.40. The summed E-state index contributed by atoms with van der Waals surface area (Å²) in [5.74, 6) is 0. The average molecular weight is 371 g/mol. The van der Waals surface area contributed by atoms with Crippen molar-refractivity contribution in [2.75, 3.05) is 0 Å². The van der Waals surface area contributed by atoms with Crippen molar-refractivity contribution < 1.29 is 0 Å². The van der Waals surface area contributed by atoms with E-state index in [4.69, 9.17) is 4.99 Å². The Bertz CT molecular complexity index is 429. The fraction of sp³-hybridized carbons (Fsp3) is 0.955. The summed E-state index contributed by atoms with van der Waals surface area (Å²) in [5.41, 5.74) is 0.248. The SMILES string of the molecule is CC(C)(C)SC(=NC(C(C)(C)C)C(C)(C)C)N(C(C)(C)C)C(C)(C)C. The molecule has 0 radical (unpaired) electrons. The molecule has 0 heterocycles. The fourth-order valence-corrected chi connectivity index (χ4v) is 5.13. The molecule has 0 amide bonds. The Morgan fingerprint density at radius 1 is 0.640 bits per heavy atom. The molecule has 0 saturated heterocycles. The maximum absolute atomic E-state index is 5.44. The minimum Gasteiger partial charge on any atom is -0.342 e. The quantitative estimate of drug-likeness (QED) is 0.357. The molecule has 0 aliphatic heterocycles. The fourth-order valence-electron chi connectivity index (χ4n) is 3.78. The van der Waals surface area contributed by atoms with Crippen LogP contribution in [0.4, 0.5) is 0 Å². The van der Waals surface area contributed by atoms with Crippen molar-refractivity contribution >= 4 is 16.9 Å². The Kier molecular flexibility index (Phi) is 7.39. The number of rotatable bonds is 1. The van der Waals surface area contributed by atoms with Crippen LogP contribution in [0.1, 0.15) is 104 Å². The summed E-state index contributed by atoms with van der Waals surface area (Å²) in [5, 5.41) is 1.17. The van der Waals surface area contributed by atoms with Gasteiger partial charge in [0.25, 0.3) is 0 Å². The molecule has 0 unspecified atom stereocenters. The van der Waals surface area contributed by atoms with Gasteiger partial charge in [0, 0.05) is 15.8 Å². The van der Waals surface area contributed by atoms with E-state index in [1.807, 2.05) is 11.8 Å². The van der Waals surface area contributed by atoms with Crippen molar-refractivity contribution in [1.29, 1.82) is 0 Å². The van der Waals surface area contributed by atoms with Crippen LogP contribution in [0.5, 0.6) is 0 Å². The van der Waals surface area contributed by atoms with E-state index in [1.165, 1.54) is 5.17 Å². The molecule has 0 aromatic carbocycles. The molecule has 0 fully saturated rings. The van der Waals surface area contributed by atoms with Crippen LogP contribution < -0.4 is 0 Å². The first-order chi connectivity index (χ1) is 10.6. The van der Waals surface area contributed by atoms with E-state index < -0.39 is 0 Å². The van der Waals surface area contributed by atoms with Crippen molar-refractivity contribution in [1.82, 2.24) is 4.90 Å². The number of nitrogens with zero attached hydrogens (tertiary/aromatic N) is 2. The topological polar surface area (TPSA) is 15.6 Å². The summed E-state index contributed by atoms with van der Waals surface area (Å²) in [6.45, 7) is 34.4. The first-order valence-corrected chi connectivity index (χ1v) is 10.5. The summed E-state index contributed by atoms with van der Waals surface area (Å²) in [7, 11) is 0. The molecule has 0 aromatic heterocycles. The van der Waals surface area contributed by atoms with Crippen LogP contribution in [0.2, 0.25) is 0 Å². The van der Waals surface area contributed by atoms with Gasteiger partial charge in [-0.3, -0.25) is 4.99 Å². The summed E-state index contributed by atoms with van der Waals surface area (Å²) < 4.78 is 0.119. The average Bonchev–Trinajstić information content (AvgIpc) is 2.15. The van der Waals surface area contributed by atoms with Gasteiger partial charge in [-0.05, 0) is 52.4 Å². The number of thioether (sulfide) groups is 1. The molecule has 2 nitrogen and oxygen atoms in total. The van der Waals surface area contributed by atoms with E-state index in [1.54, 1.807) is 0 Å². The zero-order chi connectivity index (χ0) is 20.6. The first kappa shape index (κ1) is 24.8. The Morgan fingerprint density at radius 3 is 1.16 bits per heavy atom. The van der Waals surface area contributed by atoms with Gasteiger partial charge in [0.05, 0.1) is 6.04 Å². The van der Waals surface area contributed by atoms with Gasteiger partial charge in [-0.1, -0.05) is 74.1 Å².